The fraction of sp³-hybridized carbons (Fsp3) is 0.227. The first kappa shape index (κ1) is 22.0. The minimum atomic E-state index is -0.909. The van der Waals surface area contributed by atoms with Gasteiger partial charge in [-0.3, -0.25) is 25.0 Å². The van der Waals surface area contributed by atoms with Crippen LogP contribution in [0, 0.1) is 10.1 Å². The molecule has 0 saturated carbocycles. The molecular formula is C22H21N5O6. The van der Waals surface area contributed by atoms with E-state index in [0.29, 0.717) is 24.3 Å². The van der Waals surface area contributed by atoms with Crippen molar-refractivity contribution in [1.82, 2.24) is 10.6 Å². The molecule has 0 radical (unpaired) electrons. The van der Waals surface area contributed by atoms with E-state index in [-0.39, 0.29) is 22.7 Å². The van der Waals surface area contributed by atoms with Crippen molar-refractivity contribution in [1.29, 1.82) is 0 Å². The molecule has 2 aliphatic rings. The highest BCUT2D eigenvalue weighted by atomic mass is 16.6. The van der Waals surface area contributed by atoms with Crippen molar-refractivity contribution < 1.29 is 24.0 Å². The normalized spacial score (nSPS) is 17.8. The Morgan fingerprint density at radius 3 is 2.48 bits per heavy atom. The maximum absolute atomic E-state index is 13.3. The highest BCUT2D eigenvalue weighted by Crippen LogP contribution is 2.32. The minimum absolute atomic E-state index is 0.169. The number of anilines is 2. The van der Waals surface area contributed by atoms with Crippen molar-refractivity contribution >= 4 is 41.0 Å². The van der Waals surface area contributed by atoms with E-state index in [2.05, 4.69) is 10.6 Å². The van der Waals surface area contributed by atoms with Crippen molar-refractivity contribution in [2.75, 3.05) is 43.1 Å². The second-order valence-electron chi connectivity index (χ2n) is 7.37. The number of para-hydroxylation sites is 2. The third kappa shape index (κ3) is 4.26. The summed E-state index contributed by atoms with van der Waals surface area (Å²) < 4.78 is 5.25. The molecule has 4 rings (SSSR count). The largest absolute Gasteiger partial charge is 0.495 e. The molecule has 170 valence electrons. The van der Waals surface area contributed by atoms with Gasteiger partial charge in [0.1, 0.15) is 11.3 Å². The molecule has 2 saturated heterocycles. The number of nitro groups is 1. The lowest BCUT2D eigenvalue weighted by atomic mass is 10.0. The van der Waals surface area contributed by atoms with Crippen LogP contribution in [0.2, 0.25) is 0 Å². The number of urea groups is 1. The van der Waals surface area contributed by atoms with Crippen LogP contribution < -0.4 is 25.2 Å². The monoisotopic (exact) mass is 451 g/mol. The average Bonchev–Trinajstić information content (AvgIpc) is 2.82. The number of methoxy groups -OCH3 is 1. The summed E-state index contributed by atoms with van der Waals surface area (Å²) in [5.41, 5.74) is 0.650. The van der Waals surface area contributed by atoms with E-state index in [1.807, 2.05) is 4.90 Å². The van der Waals surface area contributed by atoms with Crippen LogP contribution in [0.4, 0.5) is 21.9 Å². The molecule has 0 aromatic heterocycles. The predicted octanol–water partition coefficient (Wildman–Crippen LogP) is 1.68. The Hall–Kier alpha value is -4.25. The Morgan fingerprint density at radius 2 is 1.79 bits per heavy atom. The van der Waals surface area contributed by atoms with E-state index in [4.69, 9.17) is 4.74 Å². The highest BCUT2D eigenvalue weighted by Gasteiger charge is 2.38. The Labute approximate surface area is 188 Å². The SMILES string of the molecule is COc1ccccc1N1C(=O)NC(=O)/C(=C/c2cc([N+](=O)[O-])ccc2N2CCNCC2)C1=O. The minimum Gasteiger partial charge on any atom is -0.495 e. The number of carbonyl (C=O) groups is 3. The van der Waals surface area contributed by atoms with Gasteiger partial charge >= 0.3 is 6.03 Å². The lowest BCUT2D eigenvalue weighted by Gasteiger charge is -2.31. The van der Waals surface area contributed by atoms with Gasteiger partial charge in [0.25, 0.3) is 17.5 Å². The van der Waals surface area contributed by atoms with Gasteiger partial charge < -0.3 is 15.0 Å². The summed E-state index contributed by atoms with van der Waals surface area (Å²) in [7, 11) is 1.40. The van der Waals surface area contributed by atoms with Crippen molar-refractivity contribution in [2.45, 2.75) is 0 Å². The fourth-order valence-electron chi connectivity index (χ4n) is 3.81. The van der Waals surface area contributed by atoms with Gasteiger partial charge in [-0.25, -0.2) is 9.69 Å². The molecule has 2 aromatic rings. The van der Waals surface area contributed by atoms with Gasteiger partial charge in [0.05, 0.1) is 17.7 Å². The van der Waals surface area contributed by atoms with Crippen molar-refractivity contribution in [3.05, 3.63) is 63.7 Å². The van der Waals surface area contributed by atoms with Gasteiger partial charge in [-0.2, -0.15) is 0 Å². The molecule has 0 unspecified atom stereocenters. The van der Waals surface area contributed by atoms with Gasteiger partial charge in [0.2, 0.25) is 0 Å². The second-order valence-corrected chi connectivity index (χ2v) is 7.37. The van der Waals surface area contributed by atoms with Gasteiger partial charge in [-0.15, -0.1) is 0 Å². The van der Waals surface area contributed by atoms with Gasteiger partial charge in [-0.05, 0) is 24.3 Å². The number of barbiturate groups is 1. The smallest absolute Gasteiger partial charge is 0.336 e. The third-order valence-corrected chi connectivity index (χ3v) is 5.41. The van der Waals surface area contributed by atoms with Crippen LogP contribution in [0.25, 0.3) is 6.08 Å². The number of hydrogen-bond donors (Lipinski definition) is 2. The van der Waals surface area contributed by atoms with Crippen molar-refractivity contribution in [3.8, 4) is 5.75 Å². The Bertz CT molecular complexity index is 1170. The lowest BCUT2D eigenvalue weighted by molar-refractivity contribution is -0.384. The Balaban J connectivity index is 1.80. The summed E-state index contributed by atoms with van der Waals surface area (Å²) in [5, 5.41) is 16.8. The second kappa shape index (κ2) is 9.09. The molecule has 0 bridgehead atoms. The maximum atomic E-state index is 13.3. The number of non-ortho nitro benzene ring substituents is 1. The van der Waals surface area contributed by atoms with E-state index in [1.54, 1.807) is 24.3 Å². The summed E-state index contributed by atoms with van der Waals surface area (Å²) in [6, 6.07) is 9.79. The molecule has 11 nitrogen and oxygen atoms in total. The van der Waals surface area contributed by atoms with Gasteiger partial charge in [0.15, 0.2) is 0 Å². The number of rotatable bonds is 5. The molecule has 11 heteroatoms. The zero-order valence-electron chi connectivity index (χ0n) is 17.7. The fourth-order valence-corrected chi connectivity index (χ4v) is 3.81. The summed E-state index contributed by atoms with van der Waals surface area (Å²) >= 11 is 0. The number of nitrogens with zero attached hydrogens (tertiary/aromatic N) is 3. The van der Waals surface area contributed by atoms with E-state index in [1.165, 1.54) is 31.4 Å². The number of nitrogens with one attached hydrogen (secondary N) is 2. The van der Waals surface area contributed by atoms with Gasteiger partial charge in [0, 0.05) is 49.6 Å². The van der Waals surface area contributed by atoms with Crippen molar-refractivity contribution in [2.24, 2.45) is 0 Å². The molecule has 33 heavy (non-hydrogen) atoms. The number of ether oxygens (including phenoxy) is 1. The summed E-state index contributed by atoms with van der Waals surface area (Å²) in [5.74, 6) is -1.47. The summed E-state index contributed by atoms with van der Waals surface area (Å²) in [6.45, 7) is 2.75. The lowest BCUT2D eigenvalue weighted by Crippen LogP contribution is -2.54. The van der Waals surface area contributed by atoms with Crippen LogP contribution in [0.15, 0.2) is 48.0 Å². The molecule has 0 aliphatic carbocycles. The molecule has 2 aromatic carbocycles. The number of hydrogen-bond acceptors (Lipinski definition) is 8. The number of nitro benzene ring substituents is 1. The molecule has 0 spiro atoms. The van der Waals surface area contributed by atoms with Crippen LogP contribution in [0.5, 0.6) is 5.75 Å². The summed E-state index contributed by atoms with van der Waals surface area (Å²) in [4.78, 5) is 52.1. The van der Waals surface area contributed by atoms with E-state index in [0.717, 1.165) is 18.0 Å². The van der Waals surface area contributed by atoms with Crippen LogP contribution in [0.3, 0.4) is 0 Å². The molecule has 0 atom stereocenters. The van der Waals surface area contributed by atoms with Gasteiger partial charge in [-0.1, -0.05) is 12.1 Å². The highest BCUT2D eigenvalue weighted by molar-refractivity contribution is 6.39. The van der Waals surface area contributed by atoms with Crippen LogP contribution in [0.1, 0.15) is 5.56 Å². The first-order valence-electron chi connectivity index (χ1n) is 10.2. The van der Waals surface area contributed by atoms with E-state index < -0.39 is 22.8 Å². The maximum Gasteiger partial charge on any atom is 0.336 e. The Morgan fingerprint density at radius 1 is 1.06 bits per heavy atom. The average molecular weight is 451 g/mol. The zero-order chi connectivity index (χ0) is 23.5. The number of imide groups is 2. The third-order valence-electron chi connectivity index (χ3n) is 5.41. The van der Waals surface area contributed by atoms with E-state index >= 15 is 0 Å². The number of carbonyl (C=O) groups excluding carboxylic acids is 3. The number of amides is 4. The number of benzene rings is 2. The quantitative estimate of drug-likeness (QED) is 0.304. The molecule has 4 amide bonds. The predicted molar refractivity (Wildman–Crippen MR) is 120 cm³/mol. The first-order valence-corrected chi connectivity index (χ1v) is 10.2. The molecule has 2 N–H and O–H groups in total. The molecule has 2 fully saturated rings. The van der Waals surface area contributed by atoms with Crippen LogP contribution in [-0.4, -0.2) is 56.1 Å². The van der Waals surface area contributed by atoms with Crippen LogP contribution >= 0.6 is 0 Å². The van der Waals surface area contributed by atoms with E-state index in [9.17, 15) is 24.5 Å². The molecular weight excluding hydrogens is 430 g/mol. The topological polar surface area (TPSA) is 134 Å². The zero-order valence-corrected chi connectivity index (χ0v) is 17.7. The molecule has 2 heterocycles. The number of piperazine rings is 1. The molecule has 2 aliphatic heterocycles. The Kier molecular flexibility index (Phi) is 6.05. The van der Waals surface area contributed by atoms with Crippen molar-refractivity contribution in [3.63, 3.8) is 0 Å². The van der Waals surface area contributed by atoms with Crippen LogP contribution in [-0.2, 0) is 9.59 Å². The first-order chi connectivity index (χ1) is 15.9. The summed E-state index contributed by atoms with van der Waals surface area (Å²) in [6.07, 6.45) is 1.29. The standard InChI is InChI=1S/C22H21N5O6/c1-33-19-5-3-2-4-18(19)26-21(29)16(20(28)24-22(26)30)13-14-12-15(27(31)32)6-7-17(14)25-10-8-23-9-11-25/h2-7,12-13,23H,8-11H2,1H3,(H,24,28,30)/b16-13-.